The molecule has 4 heteroatoms. The zero-order valence-corrected chi connectivity index (χ0v) is 12.3. The minimum absolute atomic E-state index is 0.00759. The second kappa shape index (κ2) is 7.31. The normalized spacial score (nSPS) is 19.4. The minimum Gasteiger partial charge on any atom is -0.394 e. The van der Waals surface area contributed by atoms with Gasteiger partial charge in [-0.25, -0.2) is 0 Å². The Balaban J connectivity index is 4.58. The number of likely N-dealkylation sites (N-methyl/N-ethyl adjacent to an activating group) is 1. The van der Waals surface area contributed by atoms with Crippen molar-refractivity contribution in [2.75, 3.05) is 41.3 Å². The molecule has 0 spiro atoms. The van der Waals surface area contributed by atoms with Crippen LogP contribution in [0.4, 0.5) is 0 Å². The molecule has 0 radical (unpaired) electrons. The Kier molecular flexibility index (Phi) is 7.24. The summed E-state index contributed by atoms with van der Waals surface area (Å²) in [4.78, 5) is 4.07. The Hall–Kier alpha value is -0.160. The molecule has 0 fully saturated rings. The van der Waals surface area contributed by atoms with Crippen LogP contribution in [-0.2, 0) is 0 Å². The van der Waals surface area contributed by atoms with Gasteiger partial charge in [-0.1, -0.05) is 13.8 Å². The van der Waals surface area contributed by atoms with E-state index in [1.54, 1.807) is 0 Å². The second-order valence-electron chi connectivity index (χ2n) is 5.63. The molecule has 0 aromatic carbocycles. The number of nitrogens with zero attached hydrogens (tertiary/aromatic N) is 2. The standard InChI is InChI=1S/C13H30N2O2/c1-7-13(10-16,15(5)6)12(17)8-11(2)9-14(3)4/h11-12,16-17H,7-10H2,1-6H3. The van der Waals surface area contributed by atoms with Gasteiger partial charge >= 0.3 is 0 Å². The van der Waals surface area contributed by atoms with Crippen molar-refractivity contribution in [1.29, 1.82) is 0 Å². The van der Waals surface area contributed by atoms with Gasteiger partial charge in [-0.15, -0.1) is 0 Å². The lowest BCUT2D eigenvalue weighted by molar-refractivity contribution is -0.0548. The highest BCUT2D eigenvalue weighted by molar-refractivity contribution is 4.94. The van der Waals surface area contributed by atoms with Crippen LogP contribution in [0.15, 0.2) is 0 Å². The van der Waals surface area contributed by atoms with Crippen molar-refractivity contribution in [1.82, 2.24) is 9.80 Å². The molecule has 2 N–H and O–H groups in total. The van der Waals surface area contributed by atoms with Crippen LogP contribution in [0.1, 0.15) is 26.7 Å². The van der Waals surface area contributed by atoms with Gasteiger partial charge in [0.25, 0.3) is 0 Å². The molecule has 0 heterocycles. The van der Waals surface area contributed by atoms with E-state index in [0.717, 1.165) is 13.0 Å². The molecule has 3 atom stereocenters. The molecule has 4 nitrogen and oxygen atoms in total. The van der Waals surface area contributed by atoms with Crippen LogP contribution in [0.3, 0.4) is 0 Å². The zero-order chi connectivity index (χ0) is 13.6. The smallest absolute Gasteiger partial charge is 0.0749 e. The summed E-state index contributed by atoms with van der Waals surface area (Å²) >= 11 is 0. The molecule has 0 aliphatic heterocycles. The number of aliphatic hydroxyl groups is 2. The first-order valence-corrected chi connectivity index (χ1v) is 6.41. The lowest BCUT2D eigenvalue weighted by Gasteiger charge is -2.42. The first-order valence-electron chi connectivity index (χ1n) is 6.41. The third-order valence-electron chi connectivity index (χ3n) is 3.70. The Morgan fingerprint density at radius 2 is 1.71 bits per heavy atom. The largest absolute Gasteiger partial charge is 0.394 e. The summed E-state index contributed by atoms with van der Waals surface area (Å²) in [5, 5.41) is 20.0. The average molecular weight is 246 g/mol. The minimum atomic E-state index is -0.513. The van der Waals surface area contributed by atoms with E-state index < -0.39 is 11.6 Å². The maximum Gasteiger partial charge on any atom is 0.0749 e. The van der Waals surface area contributed by atoms with Crippen LogP contribution in [0.2, 0.25) is 0 Å². The van der Waals surface area contributed by atoms with Gasteiger partial charge in [0.1, 0.15) is 0 Å². The van der Waals surface area contributed by atoms with Gasteiger partial charge in [0.05, 0.1) is 18.2 Å². The van der Waals surface area contributed by atoms with Crippen molar-refractivity contribution < 1.29 is 10.2 Å². The Morgan fingerprint density at radius 1 is 1.18 bits per heavy atom. The van der Waals surface area contributed by atoms with Gasteiger partial charge in [-0.3, -0.25) is 4.90 Å². The molecule has 0 bridgehead atoms. The van der Waals surface area contributed by atoms with Crippen LogP contribution < -0.4 is 0 Å². The molecule has 17 heavy (non-hydrogen) atoms. The van der Waals surface area contributed by atoms with E-state index in [2.05, 4.69) is 11.8 Å². The second-order valence-corrected chi connectivity index (χ2v) is 5.63. The molecule has 104 valence electrons. The van der Waals surface area contributed by atoms with E-state index in [9.17, 15) is 10.2 Å². The Bertz CT molecular complexity index is 204. The quantitative estimate of drug-likeness (QED) is 0.660. The lowest BCUT2D eigenvalue weighted by Crippen LogP contribution is -2.56. The highest BCUT2D eigenvalue weighted by Crippen LogP contribution is 2.25. The van der Waals surface area contributed by atoms with Gasteiger partial charge in [0.15, 0.2) is 0 Å². The monoisotopic (exact) mass is 246 g/mol. The number of hydrogen-bond acceptors (Lipinski definition) is 4. The molecule has 0 aliphatic carbocycles. The first-order chi connectivity index (χ1) is 7.80. The van der Waals surface area contributed by atoms with Gasteiger partial charge in [-0.2, -0.15) is 0 Å². The van der Waals surface area contributed by atoms with Crippen LogP contribution in [-0.4, -0.2) is 73.0 Å². The summed E-state index contributed by atoms with van der Waals surface area (Å²) in [6.07, 6.45) is 0.958. The molecule has 0 amide bonds. The van der Waals surface area contributed by atoms with Crippen LogP contribution in [0.25, 0.3) is 0 Å². The third kappa shape index (κ3) is 4.54. The summed E-state index contributed by atoms with van der Waals surface area (Å²) < 4.78 is 0. The van der Waals surface area contributed by atoms with Gasteiger partial charge in [0.2, 0.25) is 0 Å². The fourth-order valence-electron chi connectivity index (χ4n) is 2.51. The van der Waals surface area contributed by atoms with Crippen molar-refractivity contribution >= 4 is 0 Å². The van der Waals surface area contributed by atoms with E-state index >= 15 is 0 Å². The van der Waals surface area contributed by atoms with Crippen LogP contribution >= 0.6 is 0 Å². The summed E-state index contributed by atoms with van der Waals surface area (Å²) in [5.41, 5.74) is -0.513. The summed E-state index contributed by atoms with van der Waals surface area (Å²) in [6.45, 7) is 5.09. The fourth-order valence-corrected chi connectivity index (χ4v) is 2.51. The predicted molar refractivity (Wildman–Crippen MR) is 72.1 cm³/mol. The van der Waals surface area contributed by atoms with E-state index in [4.69, 9.17) is 0 Å². The summed E-state index contributed by atoms with van der Waals surface area (Å²) in [5.74, 6) is 0.414. The zero-order valence-electron chi connectivity index (χ0n) is 12.3. The molecular formula is C13H30N2O2. The molecule has 3 unspecified atom stereocenters. The molecule has 0 aliphatic rings. The molecule has 0 aromatic heterocycles. The van der Waals surface area contributed by atoms with Crippen LogP contribution in [0.5, 0.6) is 0 Å². The first kappa shape index (κ1) is 16.8. The highest BCUT2D eigenvalue weighted by atomic mass is 16.3. The molecule has 0 saturated heterocycles. The van der Waals surface area contributed by atoms with Crippen molar-refractivity contribution in [3.63, 3.8) is 0 Å². The third-order valence-corrected chi connectivity index (χ3v) is 3.70. The lowest BCUT2D eigenvalue weighted by atomic mass is 9.84. The Morgan fingerprint density at radius 3 is 2.00 bits per heavy atom. The van der Waals surface area contributed by atoms with Crippen LogP contribution in [0, 0.1) is 5.92 Å². The van der Waals surface area contributed by atoms with Gasteiger partial charge < -0.3 is 15.1 Å². The van der Waals surface area contributed by atoms with E-state index in [-0.39, 0.29) is 6.61 Å². The van der Waals surface area contributed by atoms with E-state index in [1.807, 2.05) is 40.0 Å². The van der Waals surface area contributed by atoms with E-state index in [0.29, 0.717) is 12.3 Å². The van der Waals surface area contributed by atoms with Crippen molar-refractivity contribution in [2.45, 2.75) is 38.3 Å². The maximum atomic E-state index is 10.4. The molecule has 0 rings (SSSR count). The summed E-state index contributed by atoms with van der Waals surface area (Å²) in [6, 6.07) is 0. The summed E-state index contributed by atoms with van der Waals surface area (Å²) in [7, 11) is 7.90. The van der Waals surface area contributed by atoms with Gasteiger partial charge in [-0.05, 0) is 47.0 Å². The number of hydrogen-bond donors (Lipinski definition) is 2. The average Bonchev–Trinajstić information content (AvgIpc) is 2.17. The van der Waals surface area contributed by atoms with Crippen molar-refractivity contribution in [2.24, 2.45) is 5.92 Å². The molecule has 0 aromatic rings. The van der Waals surface area contributed by atoms with Crippen molar-refractivity contribution in [3.05, 3.63) is 0 Å². The molecule has 0 saturated carbocycles. The fraction of sp³-hybridized carbons (Fsp3) is 1.00. The van der Waals surface area contributed by atoms with Crippen molar-refractivity contribution in [3.8, 4) is 0 Å². The molecular weight excluding hydrogens is 216 g/mol. The maximum absolute atomic E-state index is 10.4. The number of rotatable bonds is 8. The topological polar surface area (TPSA) is 46.9 Å². The SMILES string of the molecule is CCC(CO)(C(O)CC(C)CN(C)C)N(C)C. The Labute approximate surface area is 106 Å². The van der Waals surface area contributed by atoms with E-state index in [1.165, 1.54) is 0 Å². The highest BCUT2D eigenvalue weighted by Gasteiger charge is 2.38. The number of aliphatic hydroxyl groups excluding tert-OH is 2. The predicted octanol–water partition coefficient (Wildman–Crippen LogP) is 0.638. The van der Waals surface area contributed by atoms with Gasteiger partial charge in [0, 0.05) is 6.54 Å².